The first-order chi connectivity index (χ1) is 8.65. The smallest absolute Gasteiger partial charge is 0.310 e. The molecule has 0 radical (unpaired) electrons. The summed E-state index contributed by atoms with van der Waals surface area (Å²) in [7, 11) is 3.42. The van der Waals surface area contributed by atoms with Gasteiger partial charge >= 0.3 is 5.69 Å². The molecule has 0 amide bonds. The number of methoxy groups -OCH3 is 1. The van der Waals surface area contributed by atoms with Crippen LogP contribution in [0.1, 0.15) is 18.4 Å². The molecule has 1 aliphatic rings. The molecule has 0 heterocycles. The molecule has 98 valence electrons. The Balaban J connectivity index is 2.15. The number of benzene rings is 1. The van der Waals surface area contributed by atoms with Gasteiger partial charge < -0.3 is 10.1 Å². The zero-order valence-electron chi connectivity index (χ0n) is 10.7. The largest absolute Gasteiger partial charge is 0.490 e. The molecule has 0 aliphatic heterocycles. The summed E-state index contributed by atoms with van der Waals surface area (Å²) >= 11 is 0. The molecule has 18 heavy (non-hydrogen) atoms. The van der Waals surface area contributed by atoms with Gasteiger partial charge in [-0.05, 0) is 43.9 Å². The predicted octanol–water partition coefficient (Wildman–Crippen LogP) is 2.14. The first kappa shape index (κ1) is 12.8. The molecular formula is C13H18N2O3. The van der Waals surface area contributed by atoms with Crippen LogP contribution in [0.25, 0.3) is 0 Å². The lowest BCUT2D eigenvalue weighted by atomic mass is 10.0. The molecule has 1 aromatic rings. The van der Waals surface area contributed by atoms with Crippen molar-refractivity contribution in [3.05, 3.63) is 33.9 Å². The third-order valence-electron chi connectivity index (χ3n) is 3.46. The van der Waals surface area contributed by atoms with Crippen LogP contribution in [0.2, 0.25) is 0 Å². The average molecular weight is 250 g/mol. The maximum absolute atomic E-state index is 10.8. The molecule has 1 aliphatic carbocycles. The zero-order valence-corrected chi connectivity index (χ0v) is 10.7. The zero-order chi connectivity index (χ0) is 13.1. The van der Waals surface area contributed by atoms with Crippen molar-refractivity contribution in [2.45, 2.75) is 25.3 Å². The Bertz CT molecular complexity index is 444. The van der Waals surface area contributed by atoms with Gasteiger partial charge in [-0.3, -0.25) is 10.1 Å². The van der Waals surface area contributed by atoms with Gasteiger partial charge in [0.1, 0.15) is 0 Å². The van der Waals surface area contributed by atoms with Crippen molar-refractivity contribution in [3.8, 4) is 5.75 Å². The van der Waals surface area contributed by atoms with Gasteiger partial charge in [-0.1, -0.05) is 6.07 Å². The van der Waals surface area contributed by atoms with Crippen LogP contribution in [-0.4, -0.2) is 25.1 Å². The normalized spacial score (nSPS) is 16.3. The molecule has 1 N–H and O–H groups in total. The first-order valence-corrected chi connectivity index (χ1v) is 6.14. The van der Waals surface area contributed by atoms with E-state index >= 15 is 0 Å². The van der Waals surface area contributed by atoms with Crippen LogP contribution in [0, 0.1) is 16.0 Å². The Labute approximate surface area is 106 Å². The minimum Gasteiger partial charge on any atom is -0.490 e. The lowest BCUT2D eigenvalue weighted by molar-refractivity contribution is -0.385. The number of nitro groups is 1. The summed E-state index contributed by atoms with van der Waals surface area (Å²) < 4.78 is 5.08. The summed E-state index contributed by atoms with van der Waals surface area (Å²) in [6.07, 6.45) is 3.43. The molecule has 2 rings (SSSR count). The van der Waals surface area contributed by atoms with Crippen molar-refractivity contribution < 1.29 is 9.66 Å². The average Bonchev–Trinajstić information content (AvgIpc) is 3.19. The van der Waals surface area contributed by atoms with E-state index in [0.29, 0.717) is 11.8 Å². The fraction of sp³-hybridized carbons (Fsp3) is 0.538. The summed E-state index contributed by atoms with van der Waals surface area (Å²) in [6, 6.07) is 5.56. The number of hydrogen-bond donors (Lipinski definition) is 1. The Morgan fingerprint density at radius 1 is 1.56 bits per heavy atom. The quantitative estimate of drug-likeness (QED) is 0.620. The van der Waals surface area contributed by atoms with Crippen LogP contribution in [0.5, 0.6) is 5.75 Å². The van der Waals surface area contributed by atoms with E-state index in [1.54, 1.807) is 6.07 Å². The van der Waals surface area contributed by atoms with Crippen molar-refractivity contribution in [2.75, 3.05) is 14.2 Å². The molecule has 1 aromatic carbocycles. The maximum atomic E-state index is 10.8. The third-order valence-corrected chi connectivity index (χ3v) is 3.46. The van der Waals surface area contributed by atoms with Gasteiger partial charge in [-0.25, -0.2) is 0 Å². The molecular weight excluding hydrogens is 232 g/mol. The number of nitrogens with one attached hydrogen (secondary N) is 1. The van der Waals surface area contributed by atoms with Crippen LogP contribution < -0.4 is 10.1 Å². The van der Waals surface area contributed by atoms with E-state index in [1.807, 2.05) is 13.1 Å². The fourth-order valence-corrected chi connectivity index (χ4v) is 2.26. The molecule has 5 heteroatoms. The van der Waals surface area contributed by atoms with E-state index < -0.39 is 4.92 Å². The van der Waals surface area contributed by atoms with Gasteiger partial charge in [-0.2, -0.15) is 0 Å². The van der Waals surface area contributed by atoms with E-state index in [2.05, 4.69) is 5.32 Å². The van der Waals surface area contributed by atoms with Gasteiger partial charge in [0.15, 0.2) is 5.75 Å². The molecule has 1 unspecified atom stereocenters. The molecule has 5 nitrogen and oxygen atoms in total. The number of rotatable bonds is 6. The van der Waals surface area contributed by atoms with Gasteiger partial charge in [-0.15, -0.1) is 0 Å². The summed E-state index contributed by atoms with van der Waals surface area (Å²) in [5.41, 5.74) is 1.09. The van der Waals surface area contributed by atoms with Crippen LogP contribution in [0.4, 0.5) is 5.69 Å². The third kappa shape index (κ3) is 2.79. The van der Waals surface area contributed by atoms with E-state index in [-0.39, 0.29) is 5.69 Å². The minimum atomic E-state index is -0.418. The molecule has 0 bridgehead atoms. The molecule has 1 atom stereocenters. The lowest BCUT2D eigenvalue weighted by Gasteiger charge is -2.15. The van der Waals surface area contributed by atoms with Crippen LogP contribution in [0.3, 0.4) is 0 Å². The molecule has 1 fully saturated rings. The SMILES string of the molecule is CNC(Cc1ccc([N+](=O)[O-])c(OC)c1)C1CC1. The second kappa shape index (κ2) is 5.35. The standard InChI is InChI=1S/C13H18N2O3/c1-14-11(10-4-5-10)7-9-3-6-12(15(16)17)13(8-9)18-2/h3,6,8,10-11,14H,4-5,7H2,1-2H3. The first-order valence-electron chi connectivity index (χ1n) is 6.14. The molecule has 1 saturated carbocycles. The number of hydrogen-bond acceptors (Lipinski definition) is 4. The number of nitro benzene ring substituents is 1. The number of nitrogens with zero attached hydrogens (tertiary/aromatic N) is 1. The maximum Gasteiger partial charge on any atom is 0.310 e. The predicted molar refractivity (Wildman–Crippen MR) is 68.9 cm³/mol. The Hall–Kier alpha value is -1.62. The lowest BCUT2D eigenvalue weighted by Crippen LogP contribution is -2.29. The Morgan fingerprint density at radius 2 is 2.28 bits per heavy atom. The van der Waals surface area contributed by atoms with E-state index in [1.165, 1.54) is 26.0 Å². The number of likely N-dealkylation sites (N-methyl/N-ethyl adjacent to an activating group) is 1. The van der Waals surface area contributed by atoms with Gasteiger partial charge in [0, 0.05) is 12.1 Å². The van der Waals surface area contributed by atoms with Crippen molar-refractivity contribution in [3.63, 3.8) is 0 Å². The summed E-state index contributed by atoms with van der Waals surface area (Å²) in [4.78, 5) is 10.4. The van der Waals surface area contributed by atoms with E-state index in [9.17, 15) is 10.1 Å². The second-order valence-corrected chi connectivity index (χ2v) is 4.70. The van der Waals surface area contributed by atoms with Crippen molar-refractivity contribution >= 4 is 5.69 Å². The summed E-state index contributed by atoms with van der Waals surface area (Å²) in [5, 5.41) is 14.1. The monoisotopic (exact) mass is 250 g/mol. The fourth-order valence-electron chi connectivity index (χ4n) is 2.26. The Morgan fingerprint density at radius 3 is 2.78 bits per heavy atom. The highest BCUT2D eigenvalue weighted by atomic mass is 16.6. The van der Waals surface area contributed by atoms with E-state index in [4.69, 9.17) is 4.74 Å². The van der Waals surface area contributed by atoms with Gasteiger partial charge in [0.2, 0.25) is 0 Å². The minimum absolute atomic E-state index is 0.0219. The van der Waals surface area contributed by atoms with Crippen LogP contribution >= 0.6 is 0 Å². The van der Waals surface area contributed by atoms with Gasteiger partial charge in [0.05, 0.1) is 12.0 Å². The van der Waals surface area contributed by atoms with Gasteiger partial charge in [0.25, 0.3) is 0 Å². The van der Waals surface area contributed by atoms with E-state index in [0.717, 1.165) is 17.9 Å². The summed E-state index contributed by atoms with van der Waals surface area (Å²) in [6.45, 7) is 0. The van der Waals surface area contributed by atoms with Crippen molar-refractivity contribution in [2.24, 2.45) is 5.92 Å². The highest BCUT2D eigenvalue weighted by Crippen LogP contribution is 2.35. The highest BCUT2D eigenvalue weighted by molar-refractivity contribution is 5.48. The van der Waals surface area contributed by atoms with Crippen molar-refractivity contribution in [1.82, 2.24) is 5.32 Å². The Kier molecular flexibility index (Phi) is 3.81. The van der Waals surface area contributed by atoms with Crippen LogP contribution in [-0.2, 0) is 6.42 Å². The number of ether oxygens (including phenoxy) is 1. The summed E-state index contributed by atoms with van der Waals surface area (Å²) in [5.74, 6) is 1.08. The van der Waals surface area contributed by atoms with Crippen LogP contribution in [0.15, 0.2) is 18.2 Å². The topological polar surface area (TPSA) is 64.4 Å². The van der Waals surface area contributed by atoms with Crippen molar-refractivity contribution in [1.29, 1.82) is 0 Å². The molecule has 0 saturated heterocycles. The molecule has 0 aromatic heterocycles. The second-order valence-electron chi connectivity index (χ2n) is 4.70. The highest BCUT2D eigenvalue weighted by Gasteiger charge is 2.30. The molecule has 0 spiro atoms.